The molecule has 1 unspecified atom stereocenters. The second-order valence-corrected chi connectivity index (χ2v) is 3.08. The number of hydrogen-bond acceptors (Lipinski definition) is 2. The molecule has 0 heterocycles. The molecule has 2 N–H and O–H groups in total. The standard InChI is InChI=1S/C4H9BrO2/c1-3(5)4(2,6)7/h3,6-7H,1-2H3. The predicted octanol–water partition coefficient (Wildman–Crippen LogP) is 0.471. The van der Waals surface area contributed by atoms with E-state index in [1.54, 1.807) is 6.92 Å². The summed E-state index contributed by atoms with van der Waals surface area (Å²) < 4.78 is 0. The predicted molar refractivity (Wildman–Crippen MR) is 31.2 cm³/mol. The lowest BCUT2D eigenvalue weighted by molar-refractivity contribution is -0.139. The topological polar surface area (TPSA) is 40.5 Å². The fraction of sp³-hybridized carbons (Fsp3) is 1.00. The summed E-state index contributed by atoms with van der Waals surface area (Å²) in [6, 6.07) is 0. The molecule has 1 atom stereocenters. The monoisotopic (exact) mass is 168 g/mol. The second-order valence-electron chi connectivity index (χ2n) is 1.71. The van der Waals surface area contributed by atoms with Crippen LogP contribution in [0.5, 0.6) is 0 Å². The minimum Gasteiger partial charge on any atom is -0.365 e. The van der Waals surface area contributed by atoms with Crippen LogP contribution >= 0.6 is 15.9 Å². The maximum absolute atomic E-state index is 8.60. The zero-order valence-electron chi connectivity index (χ0n) is 4.35. The van der Waals surface area contributed by atoms with Gasteiger partial charge in [-0.25, -0.2) is 0 Å². The first-order chi connectivity index (χ1) is 2.94. The Morgan fingerprint density at radius 2 is 1.71 bits per heavy atom. The molecule has 0 aromatic rings. The van der Waals surface area contributed by atoms with Gasteiger partial charge in [0.05, 0.1) is 4.83 Å². The van der Waals surface area contributed by atoms with Gasteiger partial charge < -0.3 is 10.2 Å². The largest absolute Gasteiger partial charge is 0.365 e. The highest BCUT2D eigenvalue weighted by atomic mass is 79.9. The van der Waals surface area contributed by atoms with Crippen molar-refractivity contribution in [3.05, 3.63) is 0 Å². The fourth-order valence-electron chi connectivity index (χ4n) is 0. The molecule has 0 saturated carbocycles. The van der Waals surface area contributed by atoms with Crippen LogP contribution in [0.25, 0.3) is 0 Å². The van der Waals surface area contributed by atoms with Gasteiger partial charge >= 0.3 is 0 Å². The summed E-state index contributed by atoms with van der Waals surface area (Å²) >= 11 is 2.99. The third-order valence-electron chi connectivity index (χ3n) is 0.754. The Balaban J connectivity index is 3.54. The van der Waals surface area contributed by atoms with E-state index in [2.05, 4.69) is 15.9 Å². The first-order valence-corrected chi connectivity index (χ1v) is 2.95. The highest BCUT2D eigenvalue weighted by Gasteiger charge is 2.20. The second kappa shape index (κ2) is 2.11. The van der Waals surface area contributed by atoms with Gasteiger partial charge in [-0.05, 0) is 13.8 Å². The van der Waals surface area contributed by atoms with Gasteiger partial charge in [-0.3, -0.25) is 0 Å². The number of halogens is 1. The Hall–Kier alpha value is 0.400. The lowest BCUT2D eigenvalue weighted by atomic mass is 10.2. The van der Waals surface area contributed by atoms with E-state index in [-0.39, 0.29) is 4.83 Å². The van der Waals surface area contributed by atoms with E-state index in [0.717, 1.165) is 0 Å². The Morgan fingerprint density at radius 1 is 1.57 bits per heavy atom. The summed E-state index contributed by atoms with van der Waals surface area (Å²) in [6.45, 7) is 2.99. The van der Waals surface area contributed by atoms with Crippen LogP contribution in [0.2, 0.25) is 0 Å². The number of alkyl halides is 1. The number of hydrogen-bond donors (Lipinski definition) is 2. The molecule has 0 fully saturated rings. The molecule has 0 aromatic heterocycles. The van der Waals surface area contributed by atoms with Gasteiger partial charge in [0.15, 0.2) is 5.79 Å². The van der Waals surface area contributed by atoms with Crippen LogP contribution < -0.4 is 0 Å². The van der Waals surface area contributed by atoms with Crippen molar-refractivity contribution in [2.45, 2.75) is 24.5 Å². The summed E-state index contributed by atoms with van der Waals surface area (Å²) in [4.78, 5) is -0.278. The molecule has 0 amide bonds. The number of rotatable bonds is 1. The van der Waals surface area contributed by atoms with Crippen molar-refractivity contribution >= 4 is 15.9 Å². The molecule has 0 rings (SSSR count). The lowest BCUT2D eigenvalue weighted by Crippen LogP contribution is -2.32. The fourth-order valence-corrected chi connectivity index (χ4v) is 0. The Bertz CT molecular complexity index is 55.2. The van der Waals surface area contributed by atoms with Crippen LogP contribution in [-0.2, 0) is 0 Å². The quantitative estimate of drug-likeness (QED) is 0.442. The molecule has 0 aliphatic heterocycles. The highest BCUT2D eigenvalue weighted by Crippen LogP contribution is 2.12. The van der Waals surface area contributed by atoms with Crippen LogP contribution in [0.1, 0.15) is 13.8 Å². The van der Waals surface area contributed by atoms with Gasteiger partial charge in [0.1, 0.15) is 0 Å². The molecule has 0 spiro atoms. The normalized spacial score (nSPS) is 16.7. The Morgan fingerprint density at radius 3 is 1.71 bits per heavy atom. The molecular weight excluding hydrogens is 160 g/mol. The van der Waals surface area contributed by atoms with Crippen molar-refractivity contribution in [2.75, 3.05) is 0 Å². The van der Waals surface area contributed by atoms with Crippen LogP contribution in [0, 0.1) is 0 Å². The molecule has 0 radical (unpaired) electrons. The summed E-state index contributed by atoms with van der Waals surface area (Å²) in [7, 11) is 0. The van der Waals surface area contributed by atoms with Crippen molar-refractivity contribution in [2.24, 2.45) is 0 Å². The van der Waals surface area contributed by atoms with Crippen LogP contribution in [-0.4, -0.2) is 20.8 Å². The number of aliphatic hydroxyl groups is 2. The first kappa shape index (κ1) is 7.40. The van der Waals surface area contributed by atoms with Gasteiger partial charge in [-0.15, -0.1) is 0 Å². The summed E-state index contributed by atoms with van der Waals surface area (Å²) in [5.74, 6) is -1.58. The molecule has 0 aliphatic rings. The molecule has 7 heavy (non-hydrogen) atoms. The molecule has 44 valence electrons. The van der Waals surface area contributed by atoms with Gasteiger partial charge in [0.2, 0.25) is 0 Å². The molecule has 0 aromatic carbocycles. The minimum atomic E-state index is -1.58. The van der Waals surface area contributed by atoms with Crippen LogP contribution in [0.4, 0.5) is 0 Å². The average Bonchev–Trinajstić information content (AvgIpc) is 1.31. The van der Waals surface area contributed by atoms with Gasteiger partial charge in [0.25, 0.3) is 0 Å². The molecule has 2 nitrogen and oxygen atoms in total. The zero-order valence-corrected chi connectivity index (χ0v) is 5.94. The van der Waals surface area contributed by atoms with E-state index in [4.69, 9.17) is 10.2 Å². The summed E-state index contributed by atoms with van der Waals surface area (Å²) in [5.41, 5.74) is 0. The molecule has 3 heteroatoms. The van der Waals surface area contributed by atoms with Crippen LogP contribution in [0.15, 0.2) is 0 Å². The molecular formula is C4H9BrO2. The van der Waals surface area contributed by atoms with Crippen molar-refractivity contribution in [1.29, 1.82) is 0 Å². The summed E-state index contributed by atoms with van der Waals surface area (Å²) in [6.07, 6.45) is 0. The van der Waals surface area contributed by atoms with Gasteiger partial charge in [-0.1, -0.05) is 15.9 Å². The zero-order chi connectivity index (χ0) is 6.08. The van der Waals surface area contributed by atoms with Crippen molar-refractivity contribution in [3.63, 3.8) is 0 Å². The van der Waals surface area contributed by atoms with E-state index in [1.165, 1.54) is 6.92 Å². The van der Waals surface area contributed by atoms with E-state index in [0.29, 0.717) is 0 Å². The highest BCUT2D eigenvalue weighted by molar-refractivity contribution is 9.09. The van der Waals surface area contributed by atoms with E-state index >= 15 is 0 Å². The third kappa shape index (κ3) is 3.02. The maximum atomic E-state index is 8.60. The third-order valence-corrected chi connectivity index (χ3v) is 1.62. The van der Waals surface area contributed by atoms with Crippen LogP contribution in [0.3, 0.4) is 0 Å². The lowest BCUT2D eigenvalue weighted by Gasteiger charge is -2.17. The summed E-state index contributed by atoms with van der Waals surface area (Å²) in [5, 5.41) is 17.2. The molecule has 0 saturated heterocycles. The Kier molecular flexibility index (Phi) is 2.23. The molecule has 0 aliphatic carbocycles. The Labute approximate surface area is 51.3 Å². The SMILES string of the molecule is CC(Br)C(C)(O)O. The van der Waals surface area contributed by atoms with Gasteiger partial charge in [0, 0.05) is 0 Å². The van der Waals surface area contributed by atoms with Crippen molar-refractivity contribution in [1.82, 2.24) is 0 Å². The van der Waals surface area contributed by atoms with E-state index in [9.17, 15) is 0 Å². The first-order valence-electron chi connectivity index (χ1n) is 2.03. The van der Waals surface area contributed by atoms with Crippen molar-refractivity contribution in [3.8, 4) is 0 Å². The van der Waals surface area contributed by atoms with E-state index < -0.39 is 5.79 Å². The van der Waals surface area contributed by atoms with Crippen molar-refractivity contribution < 1.29 is 10.2 Å². The minimum absolute atomic E-state index is 0.278. The average molecular weight is 169 g/mol. The van der Waals surface area contributed by atoms with E-state index in [1.807, 2.05) is 0 Å². The maximum Gasteiger partial charge on any atom is 0.172 e. The molecule has 0 bridgehead atoms. The smallest absolute Gasteiger partial charge is 0.172 e. The van der Waals surface area contributed by atoms with Gasteiger partial charge in [-0.2, -0.15) is 0 Å².